The fourth-order valence-corrected chi connectivity index (χ4v) is 4.42. The number of benzene rings is 1. The molecule has 1 fully saturated rings. The number of hydrogen-bond donors (Lipinski definition) is 0. The van der Waals surface area contributed by atoms with Crippen LogP contribution in [0.3, 0.4) is 0 Å². The molecule has 1 aliphatic rings. The molecule has 106 valence electrons. The smallest absolute Gasteiger partial charge is 0.180 e. The second kappa shape index (κ2) is 6.27. The number of alkyl halides is 1. The highest BCUT2D eigenvalue weighted by Crippen LogP contribution is 2.30. The average molecular weight is 346 g/mol. The van der Waals surface area contributed by atoms with Crippen molar-refractivity contribution < 1.29 is 8.42 Å². The first-order chi connectivity index (χ1) is 9.04. The molecule has 1 saturated heterocycles. The van der Waals surface area contributed by atoms with Crippen molar-refractivity contribution >= 4 is 31.5 Å². The van der Waals surface area contributed by atoms with Crippen LogP contribution in [0, 0.1) is 0 Å². The second-order valence-corrected chi connectivity index (χ2v) is 8.32. The van der Waals surface area contributed by atoms with E-state index < -0.39 is 9.84 Å². The number of sulfone groups is 1. The van der Waals surface area contributed by atoms with Gasteiger partial charge in [-0.05, 0) is 31.4 Å². The summed E-state index contributed by atoms with van der Waals surface area (Å²) in [5.41, 5.74) is 0.871. The highest BCUT2D eigenvalue weighted by molar-refractivity contribution is 9.09. The second-order valence-electron chi connectivity index (χ2n) is 4.95. The van der Waals surface area contributed by atoms with Gasteiger partial charge in [-0.1, -0.05) is 35.0 Å². The lowest BCUT2D eigenvalue weighted by Crippen LogP contribution is -2.34. The lowest BCUT2D eigenvalue weighted by atomic mass is 10.1. The molecular weight excluding hydrogens is 326 g/mol. The molecule has 0 N–H and O–H groups in total. The molecule has 3 nitrogen and oxygen atoms in total. The number of halogens is 1. The highest BCUT2D eigenvalue weighted by atomic mass is 79.9. The molecule has 0 aromatic heterocycles. The van der Waals surface area contributed by atoms with Gasteiger partial charge in [0.2, 0.25) is 0 Å². The van der Waals surface area contributed by atoms with Crippen LogP contribution in [0.25, 0.3) is 0 Å². The normalized spacial score (nSPS) is 17.7. The third kappa shape index (κ3) is 3.51. The van der Waals surface area contributed by atoms with Crippen LogP contribution >= 0.6 is 15.9 Å². The Balaban J connectivity index is 2.31. The van der Waals surface area contributed by atoms with Gasteiger partial charge in [0.05, 0.1) is 16.3 Å². The zero-order valence-corrected chi connectivity index (χ0v) is 13.6. The van der Waals surface area contributed by atoms with Gasteiger partial charge in [-0.2, -0.15) is 0 Å². The highest BCUT2D eigenvalue weighted by Gasteiger charge is 2.23. The number of para-hydroxylation sites is 1. The first kappa shape index (κ1) is 14.9. The minimum atomic E-state index is -3.16. The quantitative estimate of drug-likeness (QED) is 0.786. The van der Waals surface area contributed by atoms with E-state index in [0.29, 0.717) is 16.1 Å². The molecule has 0 bridgehead atoms. The van der Waals surface area contributed by atoms with Crippen molar-refractivity contribution in [1.82, 2.24) is 0 Å². The van der Waals surface area contributed by atoms with E-state index in [1.54, 1.807) is 6.07 Å². The molecule has 0 unspecified atom stereocenters. The third-order valence-corrected chi connectivity index (χ3v) is 6.32. The third-order valence-electron chi connectivity index (χ3n) is 3.44. The Bertz CT molecular complexity index is 522. The zero-order valence-electron chi connectivity index (χ0n) is 11.2. The van der Waals surface area contributed by atoms with Crippen LogP contribution in [-0.2, 0) is 9.84 Å². The van der Waals surface area contributed by atoms with Crippen molar-refractivity contribution in [3.05, 3.63) is 24.3 Å². The van der Waals surface area contributed by atoms with E-state index in [1.165, 1.54) is 0 Å². The number of hydrogen-bond acceptors (Lipinski definition) is 3. The summed E-state index contributed by atoms with van der Waals surface area (Å²) in [4.78, 5) is 3.24. The van der Waals surface area contributed by atoms with Gasteiger partial charge >= 0.3 is 0 Å². The van der Waals surface area contributed by atoms with Crippen molar-refractivity contribution in [3.8, 4) is 0 Å². The van der Waals surface area contributed by atoms with E-state index in [1.807, 2.05) is 25.1 Å². The zero-order chi connectivity index (χ0) is 13.9. The Labute approximate surface area is 124 Å². The summed E-state index contributed by atoms with van der Waals surface area (Å²) in [7, 11) is -3.16. The van der Waals surface area contributed by atoms with E-state index in [2.05, 4.69) is 20.8 Å². The Morgan fingerprint density at radius 1 is 1.26 bits per heavy atom. The lowest BCUT2D eigenvalue weighted by Gasteiger charge is -2.32. The monoisotopic (exact) mass is 345 g/mol. The molecule has 19 heavy (non-hydrogen) atoms. The van der Waals surface area contributed by atoms with E-state index in [4.69, 9.17) is 0 Å². The fourth-order valence-electron chi connectivity index (χ4n) is 2.45. The van der Waals surface area contributed by atoms with Crippen LogP contribution < -0.4 is 4.90 Å². The van der Waals surface area contributed by atoms with E-state index in [0.717, 1.165) is 31.6 Å². The number of nitrogens with zero attached hydrogens (tertiary/aromatic N) is 1. The van der Waals surface area contributed by atoms with Crippen LogP contribution in [-0.4, -0.2) is 32.1 Å². The topological polar surface area (TPSA) is 37.4 Å². The number of rotatable bonds is 4. The van der Waals surface area contributed by atoms with Crippen molar-refractivity contribution in [2.24, 2.45) is 0 Å². The van der Waals surface area contributed by atoms with Crippen LogP contribution in [0.2, 0.25) is 0 Å². The van der Waals surface area contributed by atoms with Gasteiger partial charge in [0.25, 0.3) is 0 Å². The maximum absolute atomic E-state index is 12.3. The molecule has 0 spiro atoms. The van der Waals surface area contributed by atoms with Gasteiger partial charge in [-0.3, -0.25) is 0 Å². The lowest BCUT2D eigenvalue weighted by molar-refractivity contribution is 0.583. The largest absolute Gasteiger partial charge is 0.370 e. The van der Waals surface area contributed by atoms with Crippen molar-refractivity contribution in [1.29, 1.82) is 0 Å². The van der Waals surface area contributed by atoms with Crippen LogP contribution in [0.15, 0.2) is 29.2 Å². The Hall–Kier alpha value is -0.550. The van der Waals surface area contributed by atoms with Gasteiger partial charge in [0.1, 0.15) is 0 Å². The first-order valence-electron chi connectivity index (χ1n) is 6.75. The number of piperidine rings is 1. The maximum atomic E-state index is 12.3. The summed E-state index contributed by atoms with van der Waals surface area (Å²) >= 11 is 3.63. The predicted molar refractivity (Wildman–Crippen MR) is 82.9 cm³/mol. The molecule has 1 aromatic carbocycles. The Morgan fingerprint density at radius 2 is 1.89 bits per heavy atom. The standard InChI is InChI=1S/C14H20BrNO2S/c1-2-11-19(17,18)14-6-4-3-5-13(14)16-9-7-12(15)8-10-16/h3-6,12H,2,7-11H2,1H3. The van der Waals surface area contributed by atoms with E-state index >= 15 is 0 Å². The molecular formula is C14H20BrNO2S. The van der Waals surface area contributed by atoms with Crippen molar-refractivity contribution in [3.63, 3.8) is 0 Å². The van der Waals surface area contributed by atoms with Crippen molar-refractivity contribution in [2.45, 2.75) is 35.9 Å². The summed E-state index contributed by atoms with van der Waals surface area (Å²) in [6.45, 7) is 3.72. The van der Waals surface area contributed by atoms with Gasteiger partial charge in [0, 0.05) is 17.9 Å². The van der Waals surface area contributed by atoms with Crippen molar-refractivity contribution in [2.75, 3.05) is 23.7 Å². The van der Waals surface area contributed by atoms with E-state index in [-0.39, 0.29) is 5.75 Å². The Morgan fingerprint density at radius 3 is 2.53 bits per heavy atom. The predicted octanol–water partition coefficient (Wildman–Crippen LogP) is 3.23. The summed E-state index contributed by atoms with van der Waals surface area (Å²) in [5.74, 6) is 0.221. The van der Waals surface area contributed by atoms with Crippen LogP contribution in [0.5, 0.6) is 0 Å². The van der Waals surface area contributed by atoms with Gasteiger partial charge in [0.15, 0.2) is 9.84 Å². The molecule has 2 rings (SSSR count). The van der Waals surface area contributed by atoms with Gasteiger partial charge in [-0.15, -0.1) is 0 Å². The molecule has 0 saturated carbocycles. The molecule has 0 aliphatic carbocycles. The molecule has 1 aliphatic heterocycles. The molecule has 1 heterocycles. The summed E-state index contributed by atoms with van der Waals surface area (Å²) in [6, 6.07) is 7.39. The average Bonchev–Trinajstić information content (AvgIpc) is 2.39. The minimum absolute atomic E-state index is 0.221. The van der Waals surface area contributed by atoms with Gasteiger partial charge < -0.3 is 4.90 Å². The first-order valence-corrected chi connectivity index (χ1v) is 9.32. The van der Waals surface area contributed by atoms with Gasteiger partial charge in [-0.25, -0.2) is 8.42 Å². The van der Waals surface area contributed by atoms with Crippen LogP contribution in [0.1, 0.15) is 26.2 Å². The summed E-state index contributed by atoms with van der Waals surface area (Å²) in [5, 5.41) is 0. The SMILES string of the molecule is CCCS(=O)(=O)c1ccccc1N1CCC(Br)CC1. The Kier molecular flexibility index (Phi) is 4.90. The molecule has 1 aromatic rings. The number of anilines is 1. The summed E-state index contributed by atoms with van der Waals surface area (Å²) in [6.07, 6.45) is 2.77. The van der Waals surface area contributed by atoms with Crippen LogP contribution in [0.4, 0.5) is 5.69 Å². The molecule has 0 radical (unpaired) electrons. The molecule has 0 amide bonds. The minimum Gasteiger partial charge on any atom is -0.370 e. The van der Waals surface area contributed by atoms with E-state index in [9.17, 15) is 8.42 Å². The fraction of sp³-hybridized carbons (Fsp3) is 0.571. The molecule has 0 atom stereocenters. The maximum Gasteiger partial charge on any atom is 0.180 e. The summed E-state index contributed by atoms with van der Waals surface area (Å²) < 4.78 is 24.6. The molecule has 5 heteroatoms.